The van der Waals surface area contributed by atoms with E-state index in [0.29, 0.717) is 31.4 Å². The highest BCUT2D eigenvalue weighted by Gasteiger charge is 2.10. The molecule has 7 heteroatoms. The Kier molecular flexibility index (Phi) is 4.91. The van der Waals surface area contributed by atoms with E-state index < -0.39 is 0 Å². The third kappa shape index (κ3) is 3.69. The molecule has 2 aromatic rings. The molecule has 0 aliphatic heterocycles. The highest BCUT2D eigenvalue weighted by Crippen LogP contribution is 2.17. The van der Waals surface area contributed by atoms with Crippen LogP contribution in [0.2, 0.25) is 0 Å². The molecule has 2 aromatic heterocycles. The van der Waals surface area contributed by atoms with Gasteiger partial charge in [0.25, 0.3) is 0 Å². The fourth-order valence-corrected chi connectivity index (χ4v) is 1.73. The molecule has 2 rings (SSSR count). The number of hydrazine groups is 1. The van der Waals surface area contributed by atoms with E-state index in [1.54, 1.807) is 12.3 Å². The Morgan fingerprint density at radius 2 is 2.30 bits per heavy atom. The Labute approximate surface area is 117 Å². The molecule has 0 fully saturated rings. The Hall–Kier alpha value is -2.12. The fraction of sp³-hybridized carbons (Fsp3) is 0.385. The topological polar surface area (TPSA) is 89.4 Å². The van der Waals surface area contributed by atoms with Crippen LogP contribution in [0.3, 0.4) is 0 Å². The average Bonchev–Trinajstić information content (AvgIpc) is 2.97. The summed E-state index contributed by atoms with van der Waals surface area (Å²) in [5, 5.41) is 0. The summed E-state index contributed by atoms with van der Waals surface area (Å²) in [5.41, 5.74) is 2.54. The van der Waals surface area contributed by atoms with Gasteiger partial charge in [-0.15, -0.1) is 0 Å². The molecule has 0 amide bonds. The van der Waals surface area contributed by atoms with E-state index in [-0.39, 0.29) is 0 Å². The van der Waals surface area contributed by atoms with Crippen LogP contribution in [0.25, 0.3) is 0 Å². The van der Waals surface area contributed by atoms with Crippen molar-refractivity contribution in [1.82, 2.24) is 9.97 Å². The number of nitrogen functional groups attached to an aromatic ring is 1. The summed E-state index contributed by atoms with van der Waals surface area (Å²) < 4.78 is 10.7. The molecule has 2 heterocycles. The van der Waals surface area contributed by atoms with E-state index in [9.17, 15) is 0 Å². The Morgan fingerprint density at radius 3 is 2.95 bits per heavy atom. The van der Waals surface area contributed by atoms with E-state index in [1.165, 1.54) is 0 Å². The van der Waals surface area contributed by atoms with E-state index in [0.717, 1.165) is 11.6 Å². The molecule has 108 valence electrons. The molecule has 0 saturated carbocycles. The van der Waals surface area contributed by atoms with Gasteiger partial charge in [-0.3, -0.25) is 0 Å². The first-order valence-corrected chi connectivity index (χ1v) is 6.38. The molecule has 3 N–H and O–H groups in total. The van der Waals surface area contributed by atoms with Gasteiger partial charge in [0, 0.05) is 19.7 Å². The van der Waals surface area contributed by atoms with Crippen molar-refractivity contribution in [3.8, 4) is 0 Å². The number of nitrogens with zero attached hydrogens (tertiary/aromatic N) is 3. The van der Waals surface area contributed by atoms with E-state index in [4.69, 9.17) is 15.0 Å². The number of nitrogens with two attached hydrogens (primary N) is 1. The first-order chi connectivity index (χ1) is 9.72. The van der Waals surface area contributed by atoms with Gasteiger partial charge >= 0.3 is 0 Å². The normalized spacial score (nSPS) is 10.6. The number of nitrogens with one attached hydrogen (secondary N) is 1. The molecule has 0 aliphatic rings. The minimum atomic E-state index is 0.355. The molecule has 0 saturated heterocycles. The number of rotatable bonds is 7. The van der Waals surface area contributed by atoms with Crippen LogP contribution in [0.1, 0.15) is 18.5 Å². The van der Waals surface area contributed by atoms with Gasteiger partial charge in [0.1, 0.15) is 24.0 Å². The van der Waals surface area contributed by atoms with Crippen LogP contribution in [-0.4, -0.2) is 23.6 Å². The average molecular weight is 277 g/mol. The minimum Gasteiger partial charge on any atom is -0.467 e. The summed E-state index contributed by atoms with van der Waals surface area (Å²) in [4.78, 5) is 10.7. The van der Waals surface area contributed by atoms with Gasteiger partial charge in [0.05, 0.1) is 12.8 Å². The van der Waals surface area contributed by atoms with E-state index >= 15 is 0 Å². The zero-order valence-electron chi connectivity index (χ0n) is 11.7. The number of hydrogen-bond donors (Lipinski definition) is 2. The second-order valence-corrected chi connectivity index (χ2v) is 4.24. The Bertz CT molecular complexity index is 530. The molecule has 7 nitrogen and oxygen atoms in total. The summed E-state index contributed by atoms with van der Waals surface area (Å²) in [6.45, 7) is 3.51. The summed E-state index contributed by atoms with van der Waals surface area (Å²) in [6, 6.07) is 5.55. The van der Waals surface area contributed by atoms with Crippen LogP contribution in [0.5, 0.6) is 0 Å². The van der Waals surface area contributed by atoms with Crippen LogP contribution in [0.4, 0.5) is 11.6 Å². The monoisotopic (exact) mass is 277 g/mol. The predicted octanol–water partition coefficient (Wildman–Crippen LogP) is 1.53. The van der Waals surface area contributed by atoms with Crippen molar-refractivity contribution in [3.05, 3.63) is 36.0 Å². The molecule has 0 spiro atoms. The van der Waals surface area contributed by atoms with Crippen LogP contribution in [-0.2, 0) is 17.9 Å². The highest BCUT2D eigenvalue weighted by atomic mass is 16.5. The first-order valence-electron chi connectivity index (χ1n) is 6.38. The second kappa shape index (κ2) is 6.88. The second-order valence-electron chi connectivity index (χ2n) is 4.24. The van der Waals surface area contributed by atoms with Gasteiger partial charge in [-0.1, -0.05) is 0 Å². The third-order valence-corrected chi connectivity index (χ3v) is 2.71. The molecular formula is C13H19N5O2. The Balaban J connectivity index is 2.16. The SMILES string of the molecule is CCOCc1nc(NN)cc(N(C)Cc2ccco2)n1. The molecule has 0 unspecified atom stereocenters. The van der Waals surface area contributed by atoms with Gasteiger partial charge in [-0.05, 0) is 19.1 Å². The lowest BCUT2D eigenvalue weighted by molar-refractivity contribution is 0.128. The zero-order chi connectivity index (χ0) is 14.4. The summed E-state index contributed by atoms with van der Waals surface area (Å²) in [7, 11) is 1.93. The molecule has 0 atom stereocenters. The summed E-state index contributed by atoms with van der Waals surface area (Å²) >= 11 is 0. The summed E-state index contributed by atoms with van der Waals surface area (Å²) in [6.07, 6.45) is 1.65. The smallest absolute Gasteiger partial charge is 0.158 e. The van der Waals surface area contributed by atoms with Gasteiger partial charge < -0.3 is 19.5 Å². The van der Waals surface area contributed by atoms with E-state index in [1.807, 2.05) is 31.0 Å². The van der Waals surface area contributed by atoms with Crippen molar-refractivity contribution < 1.29 is 9.15 Å². The van der Waals surface area contributed by atoms with Crippen molar-refractivity contribution >= 4 is 11.6 Å². The summed E-state index contributed by atoms with van der Waals surface area (Å²) in [5.74, 6) is 8.18. The quantitative estimate of drug-likeness (QED) is 0.586. The zero-order valence-corrected chi connectivity index (χ0v) is 11.7. The van der Waals surface area contributed by atoms with Crippen LogP contribution in [0.15, 0.2) is 28.9 Å². The van der Waals surface area contributed by atoms with Crippen molar-refractivity contribution in [3.63, 3.8) is 0 Å². The lowest BCUT2D eigenvalue weighted by atomic mass is 10.4. The Morgan fingerprint density at radius 1 is 1.45 bits per heavy atom. The van der Waals surface area contributed by atoms with Crippen molar-refractivity contribution in [2.75, 3.05) is 24.0 Å². The number of furan rings is 1. The number of ether oxygens (including phenoxy) is 1. The predicted molar refractivity (Wildman–Crippen MR) is 76.0 cm³/mol. The molecule has 0 aromatic carbocycles. The highest BCUT2D eigenvalue weighted by molar-refractivity contribution is 5.48. The number of anilines is 2. The molecular weight excluding hydrogens is 258 g/mol. The van der Waals surface area contributed by atoms with Gasteiger partial charge in [0.2, 0.25) is 0 Å². The lowest BCUT2D eigenvalue weighted by Crippen LogP contribution is -2.20. The molecule has 0 aliphatic carbocycles. The van der Waals surface area contributed by atoms with Crippen molar-refractivity contribution in [1.29, 1.82) is 0 Å². The number of aromatic nitrogens is 2. The van der Waals surface area contributed by atoms with Crippen LogP contribution < -0.4 is 16.2 Å². The maximum absolute atomic E-state index is 5.43. The number of hydrogen-bond acceptors (Lipinski definition) is 7. The van der Waals surface area contributed by atoms with Gasteiger partial charge in [-0.2, -0.15) is 0 Å². The van der Waals surface area contributed by atoms with Gasteiger partial charge in [-0.25, -0.2) is 15.8 Å². The maximum Gasteiger partial charge on any atom is 0.158 e. The third-order valence-electron chi connectivity index (χ3n) is 2.71. The van der Waals surface area contributed by atoms with Crippen molar-refractivity contribution in [2.24, 2.45) is 5.84 Å². The maximum atomic E-state index is 5.43. The fourth-order valence-electron chi connectivity index (χ4n) is 1.73. The molecule has 0 radical (unpaired) electrons. The van der Waals surface area contributed by atoms with E-state index in [2.05, 4.69) is 15.4 Å². The minimum absolute atomic E-state index is 0.355. The standard InChI is InChI=1S/C13H19N5O2/c1-3-19-9-12-15-11(17-14)7-13(16-12)18(2)8-10-5-4-6-20-10/h4-7H,3,8-9,14H2,1-2H3,(H,15,16,17). The van der Waals surface area contributed by atoms with Crippen molar-refractivity contribution in [2.45, 2.75) is 20.1 Å². The lowest BCUT2D eigenvalue weighted by Gasteiger charge is -2.18. The van der Waals surface area contributed by atoms with Gasteiger partial charge in [0.15, 0.2) is 5.82 Å². The largest absolute Gasteiger partial charge is 0.467 e. The van der Waals surface area contributed by atoms with Crippen LogP contribution in [0, 0.1) is 0 Å². The van der Waals surface area contributed by atoms with Crippen LogP contribution >= 0.6 is 0 Å². The first kappa shape index (κ1) is 14.3. The molecule has 0 bridgehead atoms. The molecule has 20 heavy (non-hydrogen) atoms.